The van der Waals surface area contributed by atoms with Crippen LogP contribution in [0.2, 0.25) is 0 Å². The largest absolute Gasteiger partial charge is 0.375 e. The summed E-state index contributed by atoms with van der Waals surface area (Å²) in [6.45, 7) is 0.764. The van der Waals surface area contributed by atoms with Crippen LogP contribution in [0.15, 0.2) is 42.7 Å². The molecule has 6 nitrogen and oxygen atoms in total. The van der Waals surface area contributed by atoms with E-state index in [1.54, 1.807) is 24.5 Å². The molecule has 98 valence electrons. The number of nitro benzene ring substituents is 1. The zero-order chi connectivity index (χ0) is 13.7. The van der Waals surface area contributed by atoms with Crippen LogP contribution in [-0.4, -0.2) is 9.91 Å². The second-order valence-corrected chi connectivity index (χ2v) is 4.03. The maximum atomic E-state index is 11.0. The summed E-state index contributed by atoms with van der Waals surface area (Å²) in [6.07, 6.45) is 3.40. The summed E-state index contributed by atoms with van der Waals surface area (Å²) < 4.78 is 0. The average molecular weight is 258 g/mol. The number of rotatable bonds is 5. The minimum atomic E-state index is -0.412. The Kier molecular flexibility index (Phi) is 4.04. The van der Waals surface area contributed by atoms with E-state index in [4.69, 9.17) is 5.73 Å². The lowest BCUT2D eigenvalue weighted by molar-refractivity contribution is -0.384. The molecule has 0 unspecified atom stereocenters. The number of hydrogen-bond donors (Lipinski definition) is 2. The lowest BCUT2D eigenvalue weighted by atomic mass is 10.1. The number of nitrogens with one attached hydrogen (secondary N) is 1. The molecule has 0 amide bonds. The quantitative estimate of drug-likeness (QED) is 0.632. The number of nitrogens with zero attached hydrogens (tertiary/aromatic N) is 2. The van der Waals surface area contributed by atoms with Crippen LogP contribution < -0.4 is 11.1 Å². The van der Waals surface area contributed by atoms with Gasteiger partial charge in [-0.25, -0.2) is 0 Å². The van der Waals surface area contributed by atoms with Crippen molar-refractivity contribution in [2.45, 2.75) is 13.1 Å². The van der Waals surface area contributed by atoms with Crippen LogP contribution in [0, 0.1) is 10.1 Å². The highest BCUT2D eigenvalue weighted by Crippen LogP contribution is 2.25. The molecule has 2 rings (SSSR count). The molecule has 1 aromatic heterocycles. The monoisotopic (exact) mass is 258 g/mol. The minimum absolute atomic E-state index is 0.0341. The van der Waals surface area contributed by atoms with Gasteiger partial charge in [-0.2, -0.15) is 0 Å². The molecule has 0 radical (unpaired) electrons. The highest BCUT2D eigenvalue weighted by Gasteiger charge is 2.13. The number of anilines is 1. The van der Waals surface area contributed by atoms with Gasteiger partial charge in [0.15, 0.2) is 0 Å². The lowest BCUT2D eigenvalue weighted by Crippen LogP contribution is -2.04. The van der Waals surface area contributed by atoms with E-state index in [-0.39, 0.29) is 12.2 Å². The zero-order valence-electron chi connectivity index (χ0n) is 10.2. The Labute approximate surface area is 110 Å². The van der Waals surface area contributed by atoms with Crippen LogP contribution in [-0.2, 0) is 13.1 Å². The summed E-state index contributed by atoms with van der Waals surface area (Å²) >= 11 is 0. The highest BCUT2D eigenvalue weighted by molar-refractivity contribution is 5.62. The van der Waals surface area contributed by atoms with E-state index in [1.807, 2.05) is 12.1 Å². The third-order valence-corrected chi connectivity index (χ3v) is 2.70. The third-order valence-electron chi connectivity index (χ3n) is 2.70. The Morgan fingerprint density at radius 1 is 1.32 bits per heavy atom. The summed E-state index contributed by atoms with van der Waals surface area (Å²) in [6, 6.07) is 8.67. The van der Waals surface area contributed by atoms with Gasteiger partial charge in [-0.05, 0) is 23.3 Å². The number of nitrogens with two attached hydrogens (primary N) is 1. The molecule has 19 heavy (non-hydrogen) atoms. The Bertz CT molecular complexity index is 572. The van der Waals surface area contributed by atoms with E-state index in [9.17, 15) is 10.1 Å². The number of hydrogen-bond acceptors (Lipinski definition) is 5. The second kappa shape index (κ2) is 5.92. The van der Waals surface area contributed by atoms with E-state index in [0.717, 1.165) is 11.1 Å². The second-order valence-electron chi connectivity index (χ2n) is 4.03. The Balaban J connectivity index is 2.18. The standard InChI is InChI=1S/C13H14N4O2/c14-7-10-3-4-12(13(6-10)17(18)19)16-9-11-2-1-5-15-8-11/h1-6,8,16H,7,9,14H2. The van der Waals surface area contributed by atoms with Crippen molar-refractivity contribution in [1.82, 2.24) is 4.98 Å². The van der Waals surface area contributed by atoms with Gasteiger partial charge in [0, 0.05) is 31.5 Å². The van der Waals surface area contributed by atoms with Crippen LogP contribution in [0.4, 0.5) is 11.4 Å². The smallest absolute Gasteiger partial charge is 0.292 e. The molecular weight excluding hydrogens is 244 g/mol. The number of aromatic nitrogens is 1. The van der Waals surface area contributed by atoms with Crippen LogP contribution >= 0.6 is 0 Å². The summed E-state index contributed by atoms with van der Waals surface area (Å²) in [5.74, 6) is 0. The van der Waals surface area contributed by atoms with Crippen LogP contribution in [0.5, 0.6) is 0 Å². The Hall–Kier alpha value is -2.47. The van der Waals surface area contributed by atoms with Crippen molar-refractivity contribution in [3.8, 4) is 0 Å². The fraction of sp³-hybridized carbons (Fsp3) is 0.154. The first-order chi connectivity index (χ1) is 9.20. The van der Waals surface area contributed by atoms with Crippen LogP contribution in [0.1, 0.15) is 11.1 Å². The number of pyridine rings is 1. The van der Waals surface area contributed by atoms with Crippen molar-refractivity contribution in [2.75, 3.05) is 5.32 Å². The van der Waals surface area contributed by atoms with Crippen molar-refractivity contribution in [3.05, 3.63) is 64.0 Å². The third kappa shape index (κ3) is 3.26. The van der Waals surface area contributed by atoms with Crippen molar-refractivity contribution >= 4 is 11.4 Å². The van der Waals surface area contributed by atoms with Crippen LogP contribution in [0.3, 0.4) is 0 Å². The van der Waals surface area contributed by atoms with Crippen molar-refractivity contribution in [1.29, 1.82) is 0 Å². The molecule has 0 saturated heterocycles. The van der Waals surface area contributed by atoms with Gasteiger partial charge in [0.1, 0.15) is 5.69 Å². The Morgan fingerprint density at radius 3 is 2.79 bits per heavy atom. The Morgan fingerprint density at radius 2 is 2.16 bits per heavy atom. The van der Waals surface area contributed by atoms with Gasteiger partial charge in [0.2, 0.25) is 0 Å². The molecule has 0 aliphatic carbocycles. The molecule has 0 atom stereocenters. The van der Waals surface area contributed by atoms with Gasteiger partial charge >= 0.3 is 0 Å². The normalized spacial score (nSPS) is 10.2. The maximum Gasteiger partial charge on any atom is 0.292 e. The molecule has 3 N–H and O–H groups in total. The van der Waals surface area contributed by atoms with E-state index in [0.29, 0.717) is 12.2 Å². The first kappa shape index (κ1) is 13.0. The maximum absolute atomic E-state index is 11.0. The van der Waals surface area contributed by atoms with Gasteiger partial charge < -0.3 is 11.1 Å². The molecule has 0 fully saturated rings. The predicted octanol–water partition coefficient (Wildman–Crippen LogP) is 2.06. The van der Waals surface area contributed by atoms with Crippen molar-refractivity contribution in [3.63, 3.8) is 0 Å². The van der Waals surface area contributed by atoms with Gasteiger partial charge in [-0.15, -0.1) is 0 Å². The highest BCUT2D eigenvalue weighted by atomic mass is 16.6. The molecule has 2 aromatic rings. The fourth-order valence-electron chi connectivity index (χ4n) is 1.70. The fourth-order valence-corrected chi connectivity index (χ4v) is 1.70. The molecule has 1 aromatic carbocycles. The minimum Gasteiger partial charge on any atom is -0.375 e. The summed E-state index contributed by atoms with van der Waals surface area (Å²) in [5, 5.41) is 14.1. The summed E-state index contributed by atoms with van der Waals surface area (Å²) in [4.78, 5) is 14.6. The molecule has 0 spiro atoms. The topological polar surface area (TPSA) is 94.1 Å². The zero-order valence-corrected chi connectivity index (χ0v) is 10.2. The predicted molar refractivity (Wildman–Crippen MR) is 72.6 cm³/mol. The number of benzene rings is 1. The number of nitro groups is 1. The molecule has 6 heteroatoms. The molecule has 0 aliphatic rings. The summed E-state index contributed by atoms with van der Waals surface area (Å²) in [5.41, 5.74) is 7.69. The van der Waals surface area contributed by atoms with E-state index in [1.165, 1.54) is 6.07 Å². The average Bonchev–Trinajstić information content (AvgIpc) is 2.46. The molecular formula is C13H14N4O2. The van der Waals surface area contributed by atoms with E-state index >= 15 is 0 Å². The van der Waals surface area contributed by atoms with Crippen molar-refractivity contribution in [2.24, 2.45) is 5.73 Å². The molecule has 0 aliphatic heterocycles. The molecule has 1 heterocycles. The SMILES string of the molecule is NCc1ccc(NCc2cccnc2)c([N+](=O)[O-])c1. The summed E-state index contributed by atoms with van der Waals surface area (Å²) in [7, 11) is 0. The van der Waals surface area contributed by atoms with Crippen LogP contribution in [0.25, 0.3) is 0 Å². The van der Waals surface area contributed by atoms with Crippen molar-refractivity contribution < 1.29 is 4.92 Å². The van der Waals surface area contributed by atoms with E-state index in [2.05, 4.69) is 10.3 Å². The first-order valence-corrected chi connectivity index (χ1v) is 5.81. The first-order valence-electron chi connectivity index (χ1n) is 5.81. The van der Waals surface area contributed by atoms with Gasteiger partial charge in [0.05, 0.1) is 4.92 Å². The molecule has 0 bridgehead atoms. The van der Waals surface area contributed by atoms with Gasteiger partial charge in [-0.1, -0.05) is 12.1 Å². The lowest BCUT2D eigenvalue weighted by Gasteiger charge is -2.08. The van der Waals surface area contributed by atoms with Gasteiger partial charge in [-0.3, -0.25) is 15.1 Å². The van der Waals surface area contributed by atoms with Gasteiger partial charge in [0.25, 0.3) is 5.69 Å². The molecule has 0 saturated carbocycles. The van der Waals surface area contributed by atoms with E-state index < -0.39 is 4.92 Å².